The molecule has 0 spiro atoms. The van der Waals surface area contributed by atoms with Crippen LogP contribution in [0.25, 0.3) is 0 Å². The van der Waals surface area contributed by atoms with Crippen LogP contribution in [0.5, 0.6) is 5.88 Å². The van der Waals surface area contributed by atoms with Crippen molar-refractivity contribution in [3.8, 4) is 11.9 Å². The number of ether oxygens (including phenoxy) is 1. The fraction of sp³-hybridized carbons (Fsp3) is 0.357. The van der Waals surface area contributed by atoms with E-state index in [1.807, 2.05) is 0 Å². The molecule has 0 aromatic carbocycles. The Balaban J connectivity index is 1.75. The van der Waals surface area contributed by atoms with Crippen molar-refractivity contribution < 1.29 is 14.5 Å². The van der Waals surface area contributed by atoms with Gasteiger partial charge in [0, 0.05) is 4.88 Å². The highest BCUT2D eigenvalue weighted by molar-refractivity contribution is 7.16. The average Bonchev–Trinajstić information content (AvgIpc) is 3.20. The number of rotatable bonds is 5. The van der Waals surface area contributed by atoms with Crippen LogP contribution in [0.1, 0.15) is 22.4 Å². The van der Waals surface area contributed by atoms with Crippen LogP contribution in [0.4, 0.5) is 10.7 Å². The topological polar surface area (TPSA) is 123 Å². The van der Waals surface area contributed by atoms with Gasteiger partial charge in [-0.1, -0.05) is 0 Å². The molecule has 0 atom stereocenters. The third kappa shape index (κ3) is 2.81. The van der Waals surface area contributed by atoms with Gasteiger partial charge in [-0.05, 0) is 24.8 Å². The number of fused-ring (bicyclic) bond motifs is 1. The molecule has 0 aliphatic heterocycles. The second-order valence-electron chi connectivity index (χ2n) is 5.20. The van der Waals surface area contributed by atoms with Crippen molar-refractivity contribution in [3.63, 3.8) is 0 Å². The van der Waals surface area contributed by atoms with Gasteiger partial charge in [0.2, 0.25) is 5.91 Å². The van der Waals surface area contributed by atoms with Gasteiger partial charge in [-0.3, -0.25) is 19.6 Å². The fourth-order valence-electron chi connectivity index (χ4n) is 2.67. The highest BCUT2D eigenvalue weighted by atomic mass is 32.1. The maximum absolute atomic E-state index is 12.2. The molecule has 2 aromatic heterocycles. The first-order valence-electron chi connectivity index (χ1n) is 7.13. The van der Waals surface area contributed by atoms with Gasteiger partial charge in [0.05, 0.1) is 17.6 Å². The van der Waals surface area contributed by atoms with Crippen LogP contribution in [0.3, 0.4) is 0 Å². The second-order valence-corrected chi connectivity index (χ2v) is 6.30. The zero-order chi connectivity index (χ0) is 17.3. The zero-order valence-corrected chi connectivity index (χ0v) is 13.6. The molecule has 1 aliphatic carbocycles. The van der Waals surface area contributed by atoms with E-state index in [4.69, 9.17) is 4.74 Å². The number of amides is 1. The van der Waals surface area contributed by atoms with E-state index < -0.39 is 10.8 Å². The van der Waals surface area contributed by atoms with Gasteiger partial charge < -0.3 is 10.1 Å². The van der Waals surface area contributed by atoms with E-state index in [9.17, 15) is 20.2 Å². The Morgan fingerprint density at radius 1 is 1.62 bits per heavy atom. The van der Waals surface area contributed by atoms with Gasteiger partial charge in [0.25, 0.3) is 0 Å². The van der Waals surface area contributed by atoms with E-state index in [0.717, 1.165) is 40.6 Å². The maximum atomic E-state index is 12.2. The molecule has 1 amide bonds. The number of nitrogens with zero attached hydrogens (tertiary/aromatic N) is 4. The van der Waals surface area contributed by atoms with Crippen LogP contribution in [0.15, 0.2) is 6.20 Å². The summed E-state index contributed by atoms with van der Waals surface area (Å²) in [5.74, 6) is -0.563. The first kappa shape index (κ1) is 15.9. The Bertz CT molecular complexity index is 863. The number of hydrogen-bond donors (Lipinski definition) is 1. The molecule has 1 N–H and O–H groups in total. The number of aromatic nitrogens is 2. The summed E-state index contributed by atoms with van der Waals surface area (Å²) < 4.78 is 5.96. The SMILES string of the molecule is COc1nn(CC(=O)Nc2sc3c(c2C#N)CCC3)cc1[N+](=O)[O-]. The summed E-state index contributed by atoms with van der Waals surface area (Å²) in [7, 11) is 1.27. The summed E-state index contributed by atoms with van der Waals surface area (Å²) in [5.41, 5.74) is 1.23. The highest BCUT2D eigenvalue weighted by Gasteiger charge is 2.24. The number of carbonyl (C=O) groups is 1. The number of thiophene rings is 1. The van der Waals surface area contributed by atoms with Crippen molar-refractivity contribution in [1.29, 1.82) is 5.26 Å². The summed E-state index contributed by atoms with van der Waals surface area (Å²) in [6.07, 6.45) is 3.94. The van der Waals surface area contributed by atoms with Crippen LogP contribution in [-0.4, -0.2) is 27.7 Å². The van der Waals surface area contributed by atoms with E-state index in [-0.39, 0.29) is 18.1 Å². The second kappa shape index (κ2) is 6.29. The first-order chi connectivity index (χ1) is 11.5. The predicted molar refractivity (Wildman–Crippen MR) is 85.1 cm³/mol. The molecule has 124 valence electrons. The third-order valence-electron chi connectivity index (χ3n) is 3.69. The standard InChI is InChI=1S/C14H13N5O4S/c1-23-13-10(19(21)22)6-18(17-13)7-12(20)16-14-9(5-15)8-3-2-4-11(8)24-14/h6H,2-4,7H2,1H3,(H,16,20). The molecule has 1 aliphatic rings. The van der Waals surface area contributed by atoms with Crippen molar-refractivity contribution in [2.45, 2.75) is 25.8 Å². The molecule has 0 saturated carbocycles. The lowest BCUT2D eigenvalue weighted by molar-refractivity contribution is -0.385. The zero-order valence-electron chi connectivity index (χ0n) is 12.7. The number of methoxy groups -OCH3 is 1. The first-order valence-corrected chi connectivity index (χ1v) is 7.95. The smallest absolute Gasteiger partial charge is 0.350 e. The highest BCUT2D eigenvalue weighted by Crippen LogP contribution is 2.38. The van der Waals surface area contributed by atoms with Crippen molar-refractivity contribution >= 4 is 27.9 Å². The number of aryl methyl sites for hydroxylation is 1. The predicted octanol–water partition coefficient (Wildman–Crippen LogP) is 1.86. The lowest BCUT2D eigenvalue weighted by Crippen LogP contribution is -2.19. The number of nitrogens with one attached hydrogen (secondary N) is 1. The van der Waals surface area contributed by atoms with Crippen molar-refractivity contribution in [2.75, 3.05) is 12.4 Å². The minimum Gasteiger partial charge on any atom is -0.475 e. The van der Waals surface area contributed by atoms with E-state index in [2.05, 4.69) is 16.5 Å². The molecule has 9 nitrogen and oxygen atoms in total. The van der Waals surface area contributed by atoms with Gasteiger partial charge in [0.15, 0.2) is 0 Å². The van der Waals surface area contributed by atoms with Crippen LogP contribution >= 0.6 is 11.3 Å². The fourth-order valence-corrected chi connectivity index (χ4v) is 3.92. The molecule has 24 heavy (non-hydrogen) atoms. The van der Waals surface area contributed by atoms with E-state index >= 15 is 0 Å². The minimum absolute atomic E-state index is 0.152. The normalized spacial score (nSPS) is 12.5. The average molecular weight is 347 g/mol. The van der Waals surface area contributed by atoms with E-state index in [0.29, 0.717) is 10.6 Å². The number of anilines is 1. The van der Waals surface area contributed by atoms with Crippen LogP contribution < -0.4 is 10.1 Å². The third-order valence-corrected chi connectivity index (χ3v) is 4.90. The van der Waals surface area contributed by atoms with Crippen LogP contribution in [-0.2, 0) is 24.2 Å². The lowest BCUT2D eigenvalue weighted by Gasteiger charge is -2.04. The Morgan fingerprint density at radius 3 is 3.04 bits per heavy atom. The molecule has 10 heteroatoms. The molecule has 0 unspecified atom stereocenters. The van der Waals surface area contributed by atoms with Gasteiger partial charge in [-0.15, -0.1) is 16.4 Å². The van der Waals surface area contributed by atoms with Crippen molar-refractivity contribution in [1.82, 2.24) is 9.78 Å². The number of carbonyl (C=O) groups excluding carboxylic acids is 1. The summed E-state index contributed by atoms with van der Waals surface area (Å²) in [6.45, 7) is -0.211. The van der Waals surface area contributed by atoms with Gasteiger partial charge in [-0.25, -0.2) is 0 Å². The molecule has 0 radical (unpaired) electrons. The molecular weight excluding hydrogens is 334 g/mol. The minimum atomic E-state index is -0.627. The summed E-state index contributed by atoms with van der Waals surface area (Å²) in [5, 5.41) is 27.3. The number of nitriles is 1. The van der Waals surface area contributed by atoms with Gasteiger partial charge >= 0.3 is 11.6 Å². The summed E-state index contributed by atoms with van der Waals surface area (Å²) >= 11 is 1.41. The Kier molecular flexibility index (Phi) is 4.18. The van der Waals surface area contributed by atoms with Crippen LogP contribution in [0.2, 0.25) is 0 Å². The monoisotopic (exact) mass is 347 g/mol. The van der Waals surface area contributed by atoms with E-state index in [1.165, 1.54) is 18.4 Å². The van der Waals surface area contributed by atoms with Crippen molar-refractivity contribution in [3.05, 3.63) is 32.3 Å². The maximum Gasteiger partial charge on any atom is 0.350 e. The summed E-state index contributed by atoms with van der Waals surface area (Å²) in [4.78, 5) is 23.6. The molecule has 2 heterocycles. The Morgan fingerprint density at radius 2 is 2.42 bits per heavy atom. The summed E-state index contributed by atoms with van der Waals surface area (Å²) in [6, 6.07) is 2.15. The quantitative estimate of drug-likeness (QED) is 0.650. The Labute approximate surface area is 140 Å². The molecule has 3 rings (SSSR count). The number of nitro groups is 1. The van der Waals surface area contributed by atoms with Gasteiger partial charge in [0.1, 0.15) is 23.8 Å². The molecule has 0 fully saturated rings. The van der Waals surface area contributed by atoms with E-state index in [1.54, 1.807) is 0 Å². The molecule has 2 aromatic rings. The molecule has 0 bridgehead atoms. The Hall–Kier alpha value is -2.93. The largest absolute Gasteiger partial charge is 0.475 e. The lowest BCUT2D eigenvalue weighted by atomic mass is 10.1. The van der Waals surface area contributed by atoms with Crippen LogP contribution in [0, 0.1) is 21.4 Å². The molecule has 0 saturated heterocycles. The van der Waals surface area contributed by atoms with Gasteiger partial charge in [-0.2, -0.15) is 5.26 Å². The molecular formula is C14H13N5O4S. The van der Waals surface area contributed by atoms with Crippen molar-refractivity contribution in [2.24, 2.45) is 0 Å². The number of hydrogen-bond acceptors (Lipinski definition) is 7.